The molecular formula is C12H18FNO2S. The fraction of sp³-hybridized carbons (Fsp3) is 0.500. The highest BCUT2D eigenvalue weighted by Gasteiger charge is 2.06. The number of halogens is 1. The number of hydrogen-bond donors (Lipinski definition) is 2. The Morgan fingerprint density at radius 2 is 2.24 bits per heavy atom. The molecule has 0 fully saturated rings. The lowest BCUT2D eigenvalue weighted by atomic mass is 10.1. The number of phenolic OH excluding ortho intramolecular Hbond substituents is 1. The minimum Gasteiger partial charge on any atom is -0.508 e. The van der Waals surface area contributed by atoms with Gasteiger partial charge in [-0.15, -0.1) is 0 Å². The van der Waals surface area contributed by atoms with E-state index in [1.807, 2.05) is 6.92 Å². The molecule has 96 valence electrons. The minimum absolute atomic E-state index is 0.0881. The second-order valence-corrected chi connectivity index (χ2v) is 5.68. The zero-order valence-corrected chi connectivity index (χ0v) is 10.9. The molecule has 1 aromatic carbocycles. The quantitative estimate of drug-likeness (QED) is 0.818. The van der Waals surface area contributed by atoms with Gasteiger partial charge in [0.15, 0.2) is 0 Å². The molecule has 17 heavy (non-hydrogen) atoms. The van der Waals surface area contributed by atoms with E-state index in [9.17, 15) is 13.7 Å². The molecule has 0 radical (unpaired) electrons. The number of nitrogens with one attached hydrogen (secondary N) is 1. The molecule has 3 nitrogen and oxygen atoms in total. The third-order valence-electron chi connectivity index (χ3n) is 2.52. The maximum atomic E-state index is 12.9. The van der Waals surface area contributed by atoms with E-state index in [1.165, 1.54) is 18.2 Å². The summed E-state index contributed by atoms with van der Waals surface area (Å²) in [6.45, 7) is 2.38. The van der Waals surface area contributed by atoms with E-state index >= 15 is 0 Å². The average molecular weight is 259 g/mol. The molecule has 0 saturated heterocycles. The SMILES string of the molecule is CC(CCS(C)=O)NCc1cc(F)ccc1O. The monoisotopic (exact) mass is 259 g/mol. The van der Waals surface area contributed by atoms with Crippen LogP contribution in [0.5, 0.6) is 5.75 Å². The average Bonchev–Trinajstić information content (AvgIpc) is 2.27. The molecule has 0 amide bonds. The Labute approximate surface area is 104 Å². The van der Waals surface area contributed by atoms with Crippen LogP contribution in [0.2, 0.25) is 0 Å². The van der Waals surface area contributed by atoms with Gasteiger partial charge >= 0.3 is 0 Å². The predicted molar refractivity (Wildman–Crippen MR) is 67.9 cm³/mol. The number of hydrogen-bond acceptors (Lipinski definition) is 3. The molecule has 0 aromatic heterocycles. The van der Waals surface area contributed by atoms with Crippen LogP contribution < -0.4 is 5.32 Å². The Balaban J connectivity index is 2.44. The number of phenols is 1. The van der Waals surface area contributed by atoms with Gasteiger partial charge in [-0.1, -0.05) is 0 Å². The topological polar surface area (TPSA) is 49.3 Å². The van der Waals surface area contributed by atoms with Gasteiger partial charge in [-0.2, -0.15) is 0 Å². The maximum absolute atomic E-state index is 12.9. The van der Waals surface area contributed by atoms with E-state index in [0.717, 1.165) is 6.42 Å². The Kier molecular flexibility index (Phi) is 5.58. The van der Waals surface area contributed by atoms with Gasteiger partial charge < -0.3 is 10.4 Å². The fourth-order valence-electron chi connectivity index (χ4n) is 1.42. The standard InChI is InChI=1S/C12H18FNO2S/c1-9(5-6-17(2)16)14-8-10-7-11(13)3-4-12(10)15/h3-4,7,9,14-15H,5-6,8H2,1-2H3. The highest BCUT2D eigenvalue weighted by atomic mass is 32.2. The third kappa shape index (κ3) is 5.28. The summed E-state index contributed by atoms with van der Waals surface area (Å²) >= 11 is 0. The van der Waals surface area contributed by atoms with Gasteiger partial charge in [0, 0.05) is 41.0 Å². The number of rotatable bonds is 6. The Hall–Kier alpha value is -0.940. The van der Waals surface area contributed by atoms with Crippen LogP contribution in [-0.2, 0) is 17.3 Å². The highest BCUT2D eigenvalue weighted by Crippen LogP contribution is 2.17. The lowest BCUT2D eigenvalue weighted by Gasteiger charge is -2.13. The second-order valence-electron chi connectivity index (χ2n) is 4.12. The highest BCUT2D eigenvalue weighted by molar-refractivity contribution is 7.84. The molecule has 0 saturated carbocycles. The molecule has 1 rings (SSSR count). The van der Waals surface area contributed by atoms with Crippen molar-refractivity contribution in [1.29, 1.82) is 0 Å². The Morgan fingerprint density at radius 1 is 1.53 bits per heavy atom. The van der Waals surface area contributed by atoms with Crippen LogP contribution in [0.4, 0.5) is 4.39 Å². The molecule has 2 atom stereocenters. The summed E-state index contributed by atoms with van der Waals surface area (Å²) in [4.78, 5) is 0. The molecule has 0 heterocycles. The fourth-order valence-corrected chi connectivity index (χ4v) is 2.11. The molecule has 1 aromatic rings. The van der Waals surface area contributed by atoms with Crippen LogP contribution in [0.1, 0.15) is 18.9 Å². The summed E-state index contributed by atoms with van der Waals surface area (Å²) in [6.07, 6.45) is 2.46. The normalized spacial score (nSPS) is 14.5. The molecule has 0 aliphatic rings. The summed E-state index contributed by atoms with van der Waals surface area (Å²) in [5.41, 5.74) is 0.537. The summed E-state index contributed by atoms with van der Waals surface area (Å²) in [5.74, 6) is 0.371. The first-order valence-electron chi connectivity index (χ1n) is 5.50. The van der Waals surface area contributed by atoms with Crippen LogP contribution in [0.3, 0.4) is 0 Å². The molecule has 0 aliphatic heterocycles. The number of benzene rings is 1. The second kappa shape index (κ2) is 6.71. The van der Waals surface area contributed by atoms with Crippen molar-refractivity contribution in [2.75, 3.05) is 12.0 Å². The van der Waals surface area contributed by atoms with Crippen molar-refractivity contribution < 1.29 is 13.7 Å². The van der Waals surface area contributed by atoms with Crippen molar-refractivity contribution in [2.45, 2.75) is 25.9 Å². The molecule has 2 N–H and O–H groups in total. The molecule has 0 aliphatic carbocycles. The van der Waals surface area contributed by atoms with Gasteiger partial charge in [0.2, 0.25) is 0 Å². The van der Waals surface area contributed by atoms with Crippen molar-refractivity contribution in [3.8, 4) is 5.75 Å². The summed E-state index contributed by atoms with van der Waals surface area (Å²) < 4.78 is 23.9. The maximum Gasteiger partial charge on any atom is 0.123 e. The van der Waals surface area contributed by atoms with Gasteiger partial charge in [0.25, 0.3) is 0 Å². The van der Waals surface area contributed by atoms with E-state index in [4.69, 9.17) is 0 Å². The van der Waals surface area contributed by atoms with Crippen molar-refractivity contribution in [3.05, 3.63) is 29.6 Å². The van der Waals surface area contributed by atoms with Crippen molar-refractivity contribution in [1.82, 2.24) is 5.32 Å². The zero-order chi connectivity index (χ0) is 12.8. The molecule has 0 spiro atoms. The summed E-state index contributed by atoms with van der Waals surface area (Å²) in [5, 5.41) is 12.7. The van der Waals surface area contributed by atoms with Gasteiger partial charge in [-0.05, 0) is 31.5 Å². The first-order chi connectivity index (χ1) is 7.99. The number of aromatic hydroxyl groups is 1. The first-order valence-corrected chi connectivity index (χ1v) is 7.22. The van der Waals surface area contributed by atoms with Crippen molar-refractivity contribution in [2.24, 2.45) is 0 Å². The lowest BCUT2D eigenvalue weighted by Crippen LogP contribution is -2.27. The molecule has 0 bridgehead atoms. The lowest BCUT2D eigenvalue weighted by molar-refractivity contribution is 0.454. The minimum atomic E-state index is -0.792. The van der Waals surface area contributed by atoms with Gasteiger partial charge in [0.05, 0.1) is 0 Å². The third-order valence-corrected chi connectivity index (χ3v) is 3.33. The van der Waals surface area contributed by atoms with E-state index < -0.39 is 10.8 Å². The van der Waals surface area contributed by atoms with Gasteiger partial charge in [0.1, 0.15) is 11.6 Å². The molecule has 2 unspecified atom stereocenters. The van der Waals surface area contributed by atoms with Crippen LogP contribution in [0.15, 0.2) is 18.2 Å². The largest absolute Gasteiger partial charge is 0.508 e. The molecular weight excluding hydrogens is 241 g/mol. The van der Waals surface area contributed by atoms with Gasteiger partial charge in [-0.25, -0.2) is 4.39 Å². The van der Waals surface area contributed by atoms with Crippen molar-refractivity contribution in [3.63, 3.8) is 0 Å². The first kappa shape index (κ1) is 14.1. The van der Waals surface area contributed by atoms with E-state index in [0.29, 0.717) is 17.9 Å². The van der Waals surface area contributed by atoms with E-state index in [2.05, 4.69) is 5.32 Å². The zero-order valence-electron chi connectivity index (χ0n) is 10.1. The molecule has 5 heteroatoms. The van der Waals surface area contributed by atoms with Crippen LogP contribution in [0.25, 0.3) is 0 Å². The van der Waals surface area contributed by atoms with Crippen LogP contribution >= 0.6 is 0 Å². The summed E-state index contributed by atoms with van der Waals surface area (Å²) in [6, 6.07) is 4.06. The van der Waals surface area contributed by atoms with E-state index in [1.54, 1.807) is 6.26 Å². The summed E-state index contributed by atoms with van der Waals surface area (Å²) in [7, 11) is -0.792. The van der Waals surface area contributed by atoms with Crippen LogP contribution in [-0.4, -0.2) is 27.4 Å². The van der Waals surface area contributed by atoms with Gasteiger partial charge in [-0.3, -0.25) is 4.21 Å². The van der Waals surface area contributed by atoms with Crippen LogP contribution in [0, 0.1) is 5.82 Å². The Bertz CT molecular complexity index is 398. The predicted octanol–water partition coefficient (Wildman–Crippen LogP) is 1.78. The smallest absolute Gasteiger partial charge is 0.123 e. The van der Waals surface area contributed by atoms with Crippen molar-refractivity contribution >= 4 is 10.8 Å². The Morgan fingerprint density at radius 3 is 2.88 bits per heavy atom. The van der Waals surface area contributed by atoms with E-state index in [-0.39, 0.29) is 17.6 Å².